The van der Waals surface area contributed by atoms with E-state index in [0.717, 1.165) is 10.2 Å². The number of hydrogen-bond donors (Lipinski definition) is 1. The van der Waals surface area contributed by atoms with Crippen molar-refractivity contribution in [2.75, 3.05) is 23.0 Å². The van der Waals surface area contributed by atoms with Crippen molar-refractivity contribution in [1.29, 1.82) is 0 Å². The minimum absolute atomic E-state index is 0.00413. The van der Waals surface area contributed by atoms with E-state index >= 15 is 0 Å². The Balaban J connectivity index is 1.63. The summed E-state index contributed by atoms with van der Waals surface area (Å²) < 4.78 is 23.8. The molecule has 124 valence electrons. The maximum absolute atomic E-state index is 12.3. The summed E-state index contributed by atoms with van der Waals surface area (Å²) in [6.45, 7) is 0.325. The highest BCUT2D eigenvalue weighted by atomic mass is 79.9. The maximum atomic E-state index is 12.3. The van der Waals surface area contributed by atoms with Crippen LogP contribution in [0.5, 0.6) is 0 Å². The normalized spacial score (nSPS) is 26.5. The second kappa shape index (κ2) is 6.24. The number of anilines is 1. The van der Waals surface area contributed by atoms with Gasteiger partial charge < -0.3 is 10.2 Å². The summed E-state index contributed by atoms with van der Waals surface area (Å²) in [7, 11) is -3.03. The van der Waals surface area contributed by atoms with E-state index in [0.29, 0.717) is 13.0 Å². The summed E-state index contributed by atoms with van der Waals surface area (Å²) in [5.74, 6) is -0.649. The Hall–Kier alpha value is -1.41. The number of amides is 2. The van der Waals surface area contributed by atoms with Crippen molar-refractivity contribution in [3.05, 3.63) is 28.7 Å². The molecule has 2 saturated heterocycles. The first kappa shape index (κ1) is 16.4. The maximum Gasteiger partial charge on any atom is 0.227 e. The van der Waals surface area contributed by atoms with Crippen LogP contribution in [0, 0.1) is 5.92 Å². The van der Waals surface area contributed by atoms with Crippen LogP contribution in [-0.2, 0) is 19.4 Å². The van der Waals surface area contributed by atoms with Crippen LogP contribution in [0.3, 0.4) is 0 Å². The summed E-state index contributed by atoms with van der Waals surface area (Å²) in [6.07, 6.45) is 0.604. The molecule has 1 aromatic rings. The van der Waals surface area contributed by atoms with Crippen LogP contribution in [0.1, 0.15) is 12.8 Å². The van der Waals surface area contributed by atoms with Gasteiger partial charge in [0.2, 0.25) is 11.8 Å². The first-order valence-electron chi connectivity index (χ1n) is 7.41. The van der Waals surface area contributed by atoms with Gasteiger partial charge in [0.1, 0.15) is 0 Å². The van der Waals surface area contributed by atoms with E-state index in [1.807, 2.05) is 24.3 Å². The third kappa shape index (κ3) is 3.74. The van der Waals surface area contributed by atoms with Crippen LogP contribution in [0.15, 0.2) is 28.7 Å². The van der Waals surface area contributed by atoms with Crippen molar-refractivity contribution in [3.8, 4) is 0 Å². The zero-order valence-electron chi connectivity index (χ0n) is 12.4. The summed E-state index contributed by atoms with van der Waals surface area (Å²) in [5.41, 5.74) is 0.761. The van der Waals surface area contributed by atoms with Gasteiger partial charge in [0.15, 0.2) is 9.84 Å². The molecule has 6 nitrogen and oxygen atoms in total. The molecule has 2 aliphatic heterocycles. The average Bonchev–Trinajstić information content (AvgIpc) is 3.03. The summed E-state index contributed by atoms with van der Waals surface area (Å²) in [4.78, 5) is 26.0. The lowest BCUT2D eigenvalue weighted by Gasteiger charge is -2.18. The van der Waals surface area contributed by atoms with Crippen molar-refractivity contribution >= 4 is 43.3 Å². The molecule has 0 spiro atoms. The smallest absolute Gasteiger partial charge is 0.227 e. The van der Waals surface area contributed by atoms with Crippen LogP contribution in [-0.4, -0.2) is 44.3 Å². The third-order valence-corrected chi connectivity index (χ3v) is 6.51. The Labute approximate surface area is 143 Å². The van der Waals surface area contributed by atoms with Gasteiger partial charge in [-0.15, -0.1) is 0 Å². The fraction of sp³-hybridized carbons (Fsp3) is 0.467. The van der Waals surface area contributed by atoms with Crippen molar-refractivity contribution in [3.63, 3.8) is 0 Å². The van der Waals surface area contributed by atoms with Crippen molar-refractivity contribution in [2.45, 2.75) is 18.9 Å². The summed E-state index contributed by atoms with van der Waals surface area (Å²) in [5, 5.41) is 2.77. The number of nitrogens with one attached hydrogen (secondary N) is 1. The number of carbonyl (C=O) groups excluding carboxylic acids is 2. The lowest BCUT2D eigenvalue weighted by atomic mass is 10.1. The first-order valence-corrected chi connectivity index (χ1v) is 10.0. The highest BCUT2D eigenvalue weighted by Gasteiger charge is 2.37. The minimum Gasteiger partial charge on any atom is -0.352 e. The molecule has 2 fully saturated rings. The van der Waals surface area contributed by atoms with Crippen LogP contribution in [0.25, 0.3) is 0 Å². The van der Waals surface area contributed by atoms with Gasteiger partial charge in [-0.2, -0.15) is 0 Å². The Morgan fingerprint density at radius 2 is 1.96 bits per heavy atom. The molecule has 0 bridgehead atoms. The highest BCUT2D eigenvalue weighted by Crippen LogP contribution is 2.26. The van der Waals surface area contributed by atoms with Crippen molar-refractivity contribution < 1.29 is 18.0 Å². The quantitative estimate of drug-likeness (QED) is 0.823. The van der Waals surface area contributed by atoms with Gasteiger partial charge in [-0.25, -0.2) is 8.42 Å². The fourth-order valence-corrected chi connectivity index (χ4v) is 4.92. The second-order valence-corrected chi connectivity index (χ2v) is 9.13. The van der Waals surface area contributed by atoms with Gasteiger partial charge in [0.05, 0.1) is 17.4 Å². The topological polar surface area (TPSA) is 83.5 Å². The van der Waals surface area contributed by atoms with Gasteiger partial charge in [-0.05, 0) is 30.7 Å². The molecule has 2 heterocycles. The van der Waals surface area contributed by atoms with Crippen LogP contribution in [0.4, 0.5) is 5.69 Å². The van der Waals surface area contributed by atoms with Crippen molar-refractivity contribution in [2.24, 2.45) is 5.92 Å². The number of sulfone groups is 1. The molecule has 8 heteroatoms. The summed E-state index contributed by atoms with van der Waals surface area (Å²) >= 11 is 3.35. The molecular formula is C15H17BrN2O4S. The Morgan fingerprint density at radius 3 is 2.57 bits per heavy atom. The predicted octanol–water partition coefficient (Wildman–Crippen LogP) is 1.11. The van der Waals surface area contributed by atoms with Gasteiger partial charge >= 0.3 is 0 Å². The van der Waals surface area contributed by atoms with E-state index in [-0.39, 0.29) is 35.8 Å². The molecule has 2 amide bonds. The van der Waals surface area contributed by atoms with Gasteiger partial charge in [-0.3, -0.25) is 9.59 Å². The van der Waals surface area contributed by atoms with E-state index in [1.54, 1.807) is 4.90 Å². The monoisotopic (exact) mass is 400 g/mol. The molecule has 0 saturated carbocycles. The number of benzene rings is 1. The lowest BCUT2D eigenvalue weighted by Crippen LogP contribution is -2.40. The molecule has 23 heavy (non-hydrogen) atoms. The first-order chi connectivity index (χ1) is 10.8. The van der Waals surface area contributed by atoms with Gasteiger partial charge in [0.25, 0.3) is 0 Å². The van der Waals surface area contributed by atoms with E-state index in [1.165, 1.54) is 0 Å². The Kier molecular flexibility index (Phi) is 4.46. The van der Waals surface area contributed by atoms with E-state index in [9.17, 15) is 18.0 Å². The molecule has 3 rings (SSSR count). The number of nitrogens with zero attached hydrogens (tertiary/aromatic N) is 1. The Morgan fingerprint density at radius 1 is 1.26 bits per heavy atom. The molecule has 2 aliphatic rings. The zero-order valence-corrected chi connectivity index (χ0v) is 14.8. The molecule has 1 N–H and O–H groups in total. The predicted molar refractivity (Wildman–Crippen MR) is 89.8 cm³/mol. The lowest BCUT2D eigenvalue weighted by molar-refractivity contribution is -0.126. The molecule has 1 aromatic carbocycles. The van der Waals surface area contributed by atoms with E-state index in [4.69, 9.17) is 0 Å². The molecular weight excluding hydrogens is 384 g/mol. The fourth-order valence-electron chi connectivity index (χ4n) is 2.98. The molecule has 0 radical (unpaired) electrons. The van der Waals surface area contributed by atoms with E-state index in [2.05, 4.69) is 21.2 Å². The molecule has 0 aromatic heterocycles. The largest absolute Gasteiger partial charge is 0.352 e. The van der Waals surface area contributed by atoms with Crippen LogP contribution in [0.2, 0.25) is 0 Å². The van der Waals surface area contributed by atoms with Crippen molar-refractivity contribution in [1.82, 2.24) is 5.32 Å². The number of hydrogen-bond acceptors (Lipinski definition) is 4. The standard InChI is InChI=1S/C15H17BrN2O4S/c16-11-1-3-13(4-2-11)18-8-10(7-14(18)19)15(20)17-12-5-6-23(21,22)9-12/h1-4,10,12H,5-9H2,(H,17,20)/t10-,12+/m1/s1. The molecule has 2 atom stereocenters. The zero-order chi connectivity index (χ0) is 16.6. The SMILES string of the molecule is O=C(N[C@H]1CCS(=O)(=O)C1)[C@@H]1CC(=O)N(c2ccc(Br)cc2)C1. The van der Waals surface area contributed by atoms with E-state index < -0.39 is 15.8 Å². The highest BCUT2D eigenvalue weighted by molar-refractivity contribution is 9.10. The Bertz CT molecular complexity index is 732. The van der Waals surface area contributed by atoms with Gasteiger partial charge in [0, 0.05) is 29.2 Å². The number of carbonyl (C=O) groups is 2. The molecule has 0 unspecified atom stereocenters. The average molecular weight is 401 g/mol. The third-order valence-electron chi connectivity index (χ3n) is 4.21. The summed E-state index contributed by atoms with van der Waals surface area (Å²) in [6, 6.07) is 7.01. The van der Waals surface area contributed by atoms with Crippen LogP contribution < -0.4 is 10.2 Å². The molecule has 0 aliphatic carbocycles. The van der Waals surface area contributed by atoms with Crippen LogP contribution >= 0.6 is 15.9 Å². The number of halogens is 1. The van der Waals surface area contributed by atoms with Gasteiger partial charge in [-0.1, -0.05) is 15.9 Å². The minimum atomic E-state index is -3.03. The second-order valence-electron chi connectivity index (χ2n) is 5.99. The number of rotatable bonds is 3.